The lowest BCUT2D eigenvalue weighted by atomic mass is 10.2. The van der Waals surface area contributed by atoms with Gasteiger partial charge in [0, 0.05) is 12.6 Å². The predicted molar refractivity (Wildman–Crippen MR) is 96.0 cm³/mol. The molecule has 1 heterocycles. The Morgan fingerprint density at radius 2 is 2.00 bits per heavy atom. The van der Waals surface area contributed by atoms with E-state index in [1.165, 1.54) is 6.92 Å². The Labute approximate surface area is 144 Å². The monoisotopic (exact) mass is 342 g/mol. The van der Waals surface area contributed by atoms with E-state index >= 15 is 0 Å². The van der Waals surface area contributed by atoms with Gasteiger partial charge in [-0.15, -0.1) is 11.3 Å². The zero-order valence-electron chi connectivity index (χ0n) is 13.8. The Kier molecular flexibility index (Phi) is 4.66. The first-order valence-electron chi connectivity index (χ1n) is 7.49. The normalized spacial score (nSPS) is 10.6. The van der Waals surface area contributed by atoms with Crippen molar-refractivity contribution < 1.29 is 14.3 Å². The molecule has 24 heavy (non-hydrogen) atoms. The summed E-state index contributed by atoms with van der Waals surface area (Å²) in [4.78, 5) is 15.7. The number of aryl methyl sites for hydroxylation is 1. The average Bonchev–Trinajstić information content (AvgIpc) is 2.96. The number of hydrogen-bond acceptors (Lipinski definition) is 5. The minimum absolute atomic E-state index is 0.0864. The summed E-state index contributed by atoms with van der Waals surface area (Å²) in [7, 11) is 1.65. The molecule has 0 radical (unpaired) electrons. The molecule has 1 aromatic heterocycles. The third-order valence-electron chi connectivity index (χ3n) is 3.51. The first kappa shape index (κ1) is 16.3. The zero-order valence-corrected chi connectivity index (χ0v) is 14.6. The molecule has 3 aromatic rings. The number of fused-ring (bicyclic) bond motifs is 1. The Hall–Kier alpha value is -2.60. The number of carbonyl (C=O) groups is 1. The number of nitrogens with one attached hydrogen (secondary N) is 1. The van der Waals surface area contributed by atoms with Crippen molar-refractivity contribution in [1.82, 2.24) is 4.98 Å². The summed E-state index contributed by atoms with van der Waals surface area (Å²) in [6, 6.07) is 11.4. The molecular formula is C18H18N2O3S. The third-order valence-corrected chi connectivity index (χ3v) is 4.50. The fourth-order valence-corrected chi connectivity index (χ4v) is 3.25. The summed E-state index contributed by atoms with van der Waals surface area (Å²) in [6.07, 6.45) is 0. The molecule has 0 unspecified atom stereocenters. The maximum absolute atomic E-state index is 11.1. The van der Waals surface area contributed by atoms with Gasteiger partial charge in [0.15, 0.2) is 0 Å². The highest BCUT2D eigenvalue weighted by Gasteiger charge is 2.07. The van der Waals surface area contributed by atoms with Gasteiger partial charge in [-0.2, -0.15) is 0 Å². The summed E-state index contributed by atoms with van der Waals surface area (Å²) < 4.78 is 12.1. The lowest BCUT2D eigenvalue weighted by Crippen LogP contribution is -2.07. The van der Waals surface area contributed by atoms with Crippen LogP contribution in [0.15, 0.2) is 36.4 Å². The van der Waals surface area contributed by atoms with Crippen molar-refractivity contribution >= 4 is 33.1 Å². The van der Waals surface area contributed by atoms with Crippen LogP contribution in [0.5, 0.6) is 11.5 Å². The zero-order chi connectivity index (χ0) is 17.1. The number of rotatable bonds is 5. The van der Waals surface area contributed by atoms with E-state index in [0.717, 1.165) is 38.0 Å². The van der Waals surface area contributed by atoms with Crippen LogP contribution < -0.4 is 14.8 Å². The van der Waals surface area contributed by atoms with Gasteiger partial charge in [-0.05, 0) is 48.9 Å². The van der Waals surface area contributed by atoms with E-state index in [0.29, 0.717) is 6.61 Å². The van der Waals surface area contributed by atoms with Crippen LogP contribution in [0.1, 0.15) is 17.5 Å². The van der Waals surface area contributed by atoms with Crippen molar-refractivity contribution in [3.8, 4) is 11.5 Å². The van der Waals surface area contributed by atoms with Crippen LogP contribution in [-0.2, 0) is 11.4 Å². The molecule has 0 bridgehead atoms. The summed E-state index contributed by atoms with van der Waals surface area (Å²) in [5.41, 5.74) is 2.69. The minimum atomic E-state index is -0.0864. The number of benzene rings is 2. The maximum Gasteiger partial charge on any atom is 0.221 e. The molecule has 6 heteroatoms. The molecule has 3 rings (SSSR count). The Balaban J connectivity index is 1.71. The lowest BCUT2D eigenvalue weighted by Gasteiger charge is -2.09. The van der Waals surface area contributed by atoms with Crippen LogP contribution in [0.4, 0.5) is 5.69 Å². The molecule has 1 N–H and O–H groups in total. The topological polar surface area (TPSA) is 60.5 Å². The van der Waals surface area contributed by atoms with Crippen molar-refractivity contribution in [2.45, 2.75) is 20.5 Å². The van der Waals surface area contributed by atoms with Gasteiger partial charge in [0.1, 0.15) is 23.1 Å². The second-order valence-electron chi connectivity index (χ2n) is 5.39. The number of thiazole rings is 1. The number of ether oxygens (including phenoxy) is 2. The third kappa shape index (κ3) is 3.65. The van der Waals surface area contributed by atoms with Gasteiger partial charge >= 0.3 is 0 Å². The number of anilines is 1. The highest BCUT2D eigenvalue weighted by Crippen LogP contribution is 2.28. The molecule has 124 valence electrons. The van der Waals surface area contributed by atoms with E-state index in [1.807, 2.05) is 43.3 Å². The first-order chi connectivity index (χ1) is 11.5. The van der Waals surface area contributed by atoms with Gasteiger partial charge in [-0.25, -0.2) is 4.98 Å². The highest BCUT2D eigenvalue weighted by molar-refractivity contribution is 7.18. The van der Waals surface area contributed by atoms with Gasteiger partial charge in [-0.1, -0.05) is 0 Å². The van der Waals surface area contributed by atoms with Crippen LogP contribution in [-0.4, -0.2) is 18.0 Å². The molecule has 0 saturated carbocycles. The van der Waals surface area contributed by atoms with Crippen molar-refractivity contribution in [3.05, 3.63) is 47.0 Å². The van der Waals surface area contributed by atoms with E-state index in [-0.39, 0.29) is 5.91 Å². The molecular weight excluding hydrogens is 324 g/mol. The predicted octanol–water partition coefficient (Wildman–Crippen LogP) is 4.15. The highest BCUT2D eigenvalue weighted by atomic mass is 32.1. The van der Waals surface area contributed by atoms with E-state index in [2.05, 4.69) is 10.3 Å². The van der Waals surface area contributed by atoms with E-state index in [4.69, 9.17) is 9.47 Å². The van der Waals surface area contributed by atoms with Gasteiger partial charge in [0.2, 0.25) is 5.91 Å². The summed E-state index contributed by atoms with van der Waals surface area (Å²) in [5.74, 6) is 1.48. The van der Waals surface area contributed by atoms with Crippen LogP contribution in [0.2, 0.25) is 0 Å². The van der Waals surface area contributed by atoms with Crippen LogP contribution in [0.3, 0.4) is 0 Å². The van der Waals surface area contributed by atoms with Crippen LogP contribution in [0, 0.1) is 6.92 Å². The van der Waals surface area contributed by atoms with E-state index < -0.39 is 0 Å². The number of carbonyl (C=O) groups excluding carboxylic acids is 1. The number of aromatic nitrogens is 1. The van der Waals surface area contributed by atoms with E-state index in [1.54, 1.807) is 18.4 Å². The quantitative estimate of drug-likeness (QED) is 0.757. The molecule has 1 amide bonds. The average molecular weight is 342 g/mol. The molecule has 0 aliphatic carbocycles. The fourth-order valence-electron chi connectivity index (χ4n) is 2.34. The number of methoxy groups -OCH3 is 1. The molecule has 0 saturated heterocycles. The van der Waals surface area contributed by atoms with Crippen LogP contribution >= 0.6 is 11.3 Å². The van der Waals surface area contributed by atoms with Gasteiger partial charge in [0.25, 0.3) is 0 Å². The molecule has 5 nitrogen and oxygen atoms in total. The maximum atomic E-state index is 11.1. The van der Waals surface area contributed by atoms with Gasteiger partial charge in [0.05, 0.1) is 17.3 Å². The van der Waals surface area contributed by atoms with Crippen molar-refractivity contribution in [2.75, 3.05) is 12.4 Å². The second kappa shape index (κ2) is 6.88. The lowest BCUT2D eigenvalue weighted by molar-refractivity contribution is -0.114. The molecule has 0 aliphatic heterocycles. The number of nitrogens with zero attached hydrogens (tertiary/aromatic N) is 1. The number of amides is 1. The van der Waals surface area contributed by atoms with Gasteiger partial charge < -0.3 is 14.8 Å². The fraction of sp³-hybridized carbons (Fsp3) is 0.222. The van der Waals surface area contributed by atoms with Crippen molar-refractivity contribution in [2.24, 2.45) is 0 Å². The minimum Gasteiger partial charge on any atom is -0.497 e. The van der Waals surface area contributed by atoms with E-state index in [9.17, 15) is 4.79 Å². The Bertz CT molecular complexity index is 889. The standard InChI is InChI=1S/C18H18N2O3S/c1-11-8-14(5-6-15(11)19-12(2)21)23-10-18-20-16-7-4-13(22-3)9-17(16)24-18/h4-9H,10H2,1-3H3,(H,19,21). The van der Waals surface area contributed by atoms with Crippen LogP contribution in [0.25, 0.3) is 10.2 Å². The summed E-state index contributed by atoms with van der Waals surface area (Å²) >= 11 is 1.59. The Morgan fingerprint density at radius 3 is 2.71 bits per heavy atom. The Morgan fingerprint density at radius 1 is 1.21 bits per heavy atom. The largest absolute Gasteiger partial charge is 0.497 e. The smallest absolute Gasteiger partial charge is 0.221 e. The molecule has 0 atom stereocenters. The molecule has 0 fully saturated rings. The van der Waals surface area contributed by atoms with Gasteiger partial charge in [-0.3, -0.25) is 4.79 Å². The van der Waals surface area contributed by atoms with Crippen molar-refractivity contribution in [1.29, 1.82) is 0 Å². The SMILES string of the molecule is COc1ccc2nc(COc3ccc(NC(C)=O)c(C)c3)sc2c1. The first-order valence-corrected chi connectivity index (χ1v) is 8.31. The molecule has 0 aliphatic rings. The molecule has 2 aromatic carbocycles. The summed E-state index contributed by atoms with van der Waals surface area (Å²) in [5, 5.41) is 3.69. The molecule has 0 spiro atoms. The van der Waals surface area contributed by atoms with Crippen molar-refractivity contribution in [3.63, 3.8) is 0 Å². The number of hydrogen-bond donors (Lipinski definition) is 1. The summed E-state index contributed by atoms with van der Waals surface area (Å²) in [6.45, 7) is 3.83. The second-order valence-corrected chi connectivity index (χ2v) is 6.50.